The molecule has 2 aromatic rings. The predicted octanol–water partition coefficient (Wildman–Crippen LogP) is 5.76. The Morgan fingerprint density at radius 3 is 2.10 bits per heavy atom. The van der Waals surface area contributed by atoms with Gasteiger partial charge in [-0.3, -0.25) is 14.4 Å². The van der Waals surface area contributed by atoms with Crippen LogP contribution in [0.1, 0.15) is 83.6 Å². The van der Waals surface area contributed by atoms with E-state index in [2.05, 4.69) is 33.0 Å². The summed E-state index contributed by atoms with van der Waals surface area (Å²) in [5.41, 5.74) is 3.55. The molecule has 162 valence electrons. The Kier molecular flexibility index (Phi) is 8.35. The molecule has 0 radical (unpaired) electrons. The van der Waals surface area contributed by atoms with E-state index >= 15 is 0 Å². The summed E-state index contributed by atoms with van der Waals surface area (Å²) in [5.74, 6) is -0.516. The molecule has 1 aromatic heterocycles. The zero-order valence-corrected chi connectivity index (χ0v) is 19.4. The number of rotatable bonds is 9. The van der Waals surface area contributed by atoms with Gasteiger partial charge in [0.25, 0.3) is 5.91 Å². The molecule has 1 aromatic carbocycles. The maximum absolute atomic E-state index is 12.4. The first-order valence-electron chi connectivity index (χ1n) is 10.3. The molecule has 0 aliphatic carbocycles. The van der Waals surface area contributed by atoms with E-state index in [4.69, 9.17) is 4.74 Å². The molecule has 0 atom stereocenters. The van der Waals surface area contributed by atoms with Crippen LogP contribution in [0.2, 0.25) is 0 Å². The van der Waals surface area contributed by atoms with Crippen molar-refractivity contribution in [3.63, 3.8) is 0 Å². The Morgan fingerprint density at radius 2 is 1.60 bits per heavy atom. The van der Waals surface area contributed by atoms with E-state index in [1.807, 2.05) is 38.1 Å². The fourth-order valence-corrected chi connectivity index (χ4v) is 4.29. The van der Waals surface area contributed by atoms with Crippen LogP contribution in [0, 0.1) is 13.8 Å². The SMILES string of the molecule is Cc1cc(C(=O)CCC(=O)OCC(=O)Nc2c(C(C)C)cccc2C(C)C)c(C)s1. The number of carbonyl (C=O) groups is 3. The summed E-state index contributed by atoms with van der Waals surface area (Å²) >= 11 is 1.56. The molecule has 0 aliphatic rings. The third-order valence-corrected chi connectivity index (χ3v) is 5.87. The van der Waals surface area contributed by atoms with Crippen LogP contribution in [0.4, 0.5) is 5.69 Å². The minimum Gasteiger partial charge on any atom is -0.456 e. The highest BCUT2D eigenvalue weighted by Gasteiger charge is 2.18. The van der Waals surface area contributed by atoms with Gasteiger partial charge in [-0.2, -0.15) is 0 Å². The predicted molar refractivity (Wildman–Crippen MR) is 122 cm³/mol. The van der Waals surface area contributed by atoms with Gasteiger partial charge in [-0.05, 0) is 42.9 Å². The Bertz CT molecular complexity index is 901. The molecule has 0 aliphatic heterocycles. The van der Waals surface area contributed by atoms with Gasteiger partial charge in [-0.1, -0.05) is 45.9 Å². The molecule has 1 amide bonds. The largest absolute Gasteiger partial charge is 0.456 e. The van der Waals surface area contributed by atoms with Crippen molar-refractivity contribution in [1.82, 2.24) is 0 Å². The second-order valence-electron chi connectivity index (χ2n) is 8.08. The summed E-state index contributed by atoms with van der Waals surface area (Å²) in [6, 6.07) is 7.84. The number of ether oxygens (including phenoxy) is 1. The molecule has 5 nitrogen and oxygen atoms in total. The number of aryl methyl sites for hydroxylation is 2. The van der Waals surface area contributed by atoms with Gasteiger partial charge >= 0.3 is 5.97 Å². The monoisotopic (exact) mass is 429 g/mol. The fraction of sp³-hybridized carbons (Fsp3) is 0.458. The summed E-state index contributed by atoms with van der Waals surface area (Å²) in [6.45, 7) is 11.8. The highest BCUT2D eigenvalue weighted by molar-refractivity contribution is 7.12. The third-order valence-electron chi connectivity index (χ3n) is 4.90. The molecule has 2 rings (SSSR count). The number of anilines is 1. The van der Waals surface area contributed by atoms with Crippen LogP contribution >= 0.6 is 11.3 Å². The van der Waals surface area contributed by atoms with Crippen molar-refractivity contribution < 1.29 is 19.1 Å². The smallest absolute Gasteiger partial charge is 0.306 e. The molecule has 1 N–H and O–H groups in total. The van der Waals surface area contributed by atoms with Gasteiger partial charge in [0.2, 0.25) is 0 Å². The number of ketones is 1. The average molecular weight is 430 g/mol. The summed E-state index contributed by atoms with van der Waals surface area (Å²) in [5, 5.41) is 2.92. The van der Waals surface area contributed by atoms with Crippen molar-refractivity contribution in [2.24, 2.45) is 0 Å². The van der Waals surface area contributed by atoms with Gasteiger partial charge < -0.3 is 10.1 Å². The normalized spacial score (nSPS) is 11.1. The highest BCUT2D eigenvalue weighted by atomic mass is 32.1. The minimum absolute atomic E-state index is 0.0414. The second-order valence-corrected chi connectivity index (χ2v) is 9.54. The Hall–Kier alpha value is -2.47. The summed E-state index contributed by atoms with van der Waals surface area (Å²) in [6.07, 6.45) is 0.0332. The lowest BCUT2D eigenvalue weighted by Gasteiger charge is -2.20. The number of amides is 1. The van der Waals surface area contributed by atoms with Gasteiger partial charge in [-0.15, -0.1) is 11.3 Å². The Morgan fingerprint density at radius 1 is 1.00 bits per heavy atom. The molecule has 0 bridgehead atoms. The van der Waals surface area contributed by atoms with Gasteiger partial charge in [-0.25, -0.2) is 0 Å². The zero-order valence-electron chi connectivity index (χ0n) is 18.6. The van der Waals surface area contributed by atoms with E-state index < -0.39 is 5.97 Å². The maximum atomic E-state index is 12.4. The quantitative estimate of drug-likeness (QED) is 0.406. The summed E-state index contributed by atoms with van der Waals surface area (Å²) < 4.78 is 5.10. The highest BCUT2D eigenvalue weighted by Crippen LogP contribution is 2.32. The Balaban J connectivity index is 1.91. The number of hydrogen-bond acceptors (Lipinski definition) is 5. The zero-order chi connectivity index (χ0) is 22.4. The van der Waals surface area contributed by atoms with Gasteiger partial charge in [0, 0.05) is 27.4 Å². The number of para-hydroxylation sites is 1. The van der Waals surface area contributed by atoms with Crippen LogP contribution in [0.25, 0.3) is 0 Å². The first-order chi connectivity index (χ1) is 14.1. The van der Waals surface area contributed by atoms with Crippen molar-refractivity contribution in [1.29, 1.82) is 0 Å². The van der Waals surface area contributed by atoms with Crippen molar-refractivity contribution in [2.45, 2.75) is 66.2 Å². The standard InChI is InChI=1S/C24H31NO4S/c1-14(2)18-8-7-9-19(15(3)4)24(18)25-22(27)13-29-23(28)11-10-21(26)20-12-16(5)30-17(20)6/h7-9,12,14-15H,10-11,13H2,1-6H3,(H,25,27). The molecule has 6 heteroatoms. The lowest BCUT2D eigenvalue weighted by Crippen LogP contribution is -2.23. The van der Waals surface area contributed by atoms with E-state index in [0.717, 1.165) is 26.6 Å². The van der Waals surface area contributed by atoms with Crippen LogP contribution in [0.3, 0.4) is 0 Å². The van der Waals surface area contributed by atoms with E-state index in [9.17, 15) is 14.4 Å². The number of carbonyl (C=O) groups excluding carboxylic acids is 3. The van der Waals surface area contributed by atoms with Gasteiger partial charge in [0.05, 0.1) is 6.42 Å². The van der Waals surface area contributed by atoms with E-state index in [0.29, 0.717) is 5.56 Å². The van der Waals surface area contributed by atoms with Crippen molar-refractivity contribution in [3.8, 4) is 0 Å². The molecule has 0 fully saturated rings. The summed E-state index contributed by atoms with van der Waals surface area (Å²) in [4.78, 5) is 38.7. The molecule has 1 heterocycles. The maximum Gasteiger partial charge on any atom is 0.306 e. The molecule has 0 saturated heterocycles. The van der Waals surface area contributed by atoms with Gasteiger partial charge in [0.1, 0.15) is 0 Å². The Labute approximate surface area is 182 Å². The topological polar surface area (TPSA) is 72.5 Å². The number of esters is 1. The van der Waals surface area contributed by atoms with Gasteiger partial charge in [0.15, 0.2) is 12.4 Å². The third kappa shape index (κ3) is 6.26. The first kappa shape index (κ1) is 23.8. The number of hydrogen-bond donors (Lipinski definition) is 1. The molecular formula is C24H31NO4S. The molecule has 0 saturated carbocycles. The first-order valence-corrected chi connectivity index (χ1v) is 11.1. The van der Waals surface area contributed by atoms with E-state index in [-0.39, 0.29) is 43.0 Å². The van der Waals surface area contributed by atoms with Crippen molar-refractivity contribution >= 4 is 34.7 Å². The van der Waals surface area contributed by atoms with Crippen LogP contribution in [0.15, 0.2) is 24.3 Å². The van der Waals surface area contributed by atoms with Crippen LogP contribution in [0.5, 0.6) is 0 Å². The van der Waals surface area contributed by atoms with E-state index in [1.54, 1.807) is 11.3 Å². The van der Waals surface area contributed by atoms with Crippen molar-refractivity contribution in [3.05, 3.63) is 50.7 Å². The lowest BCUT2D eigenvalue weighted by molar-refractivity contribution is -0.147. The fourth-order valence-electron chi connectivity index (χ4n) is 3.35. The number of benzene rings is 1. The van der Waals surface area contributed by atoms with E-state index in [1.165, 1.54) is 0 Å². The summed E-state index contributed by atoms with van der Waals surface area (Å²) in [7, 11) is 0. The molecule has 30 heavy (non-hydrogen) atoms. The van der Waals surface area contributed by atoms with Crippen LogP contribution in [-0.4, -0.2) is 24.3 Å². The molecule has 0 unspecified atom stereocenters. The number of nitrogens with one attached hydrogen (secondary N) is 1. The number of Topliss-reactive ketones (excluding diaryl/α,β-unsaturated/α-hetero) is 1. The minimum atomic E-state index is -0.552. The lowest BCUT2D eigenvalue weighted by atomic mass is 9.92. The van der Waals surface area contributed by atoms with Crippen molar-refractivity contribution in [2.75, 3.05) is 11.9 Å². The van der Waals surface area contributed by atoms with Crippen LogP contribution < -0.4 is 5.32 Å². The molecular weight excluding hydrogens is 398 g/mol. The molecule has 0 spiro atoms. The number of thiophene rings is 1. The van der Waals surface area contributed by atoms with Crippen LogP contribution in [-0.2, 0) is 14.3 Å². The average Bonchev–Trinajstić information content (AvgIpc) is 3.02. The second kappa shape index (κ2) is 10.5.